The summed E-state index contributed by atoms with van der Waals surface area (Å²) in [6.07, 6.45) is 1.86. The number of thiophene rings is 1. The zero-order chi connectivity index (χ0) is 31.7. The first-order valence-electron chi connectivity index (χ1n) is 13.6. The summed E-state index contributed by atoms with van der Waals surface area (Å²) in [5, 5.41) is 2.91. The maximum absolute atomic E-state index is 14.1. The third kappa shape index (κ3) is 6.82. The van der Waals surface area contributed by atoms with Crippen LogP contribution in [0.5, 0.6) is 5.75 Å². The van der Waals surface area contributed by atoms with Crippen molar-refractivity contribution < 1.29 is 14.3 Å². The van der Waals surface area contributed by atoms with Crippen LogP contribution in [0.3, 0.4) is 0 Å². The van der Waals surface area contributed by atoms with Crippen molar-refractivity contribution in [1.29, 1.82) is 0 Å². The van der Waals surface area contributed by atoms with Crippen LogP contribution in [0.4, 0.5) is 0 Å². The average Bonchev–Trinajstić information content (AvgIpc) is 3.66. The number of ether oxygens (including phenoxy) is 2. The summed E-state index contributed by atoms with van der Waals surface area (Å²) < 4.78 is 15.6. The van der Waals surface area contributed by atoms with E-state index >= 15 is 0 Å². The van der Waals surface area contributed by atoms with E-state index in [9.17, 15) is 9.59 Å². The molecule has 1 aliphatic rings. The number of nitrogens with zero attached hydrogens (tertiary/aromatic N) is 2. The van der Waals surface area contributed by atoms with Gasteiger partial charge in [0, 0.05) is 10.4 Å². The number of esters is 1. The SMILES string of the molecule is CCOC(=O)C1=C(c2ccccc2)N=c2s/c(=C\c3cc(I)c(OCc4ccc(Cl)c(Cl)c4)c(I)c3)c(=O)n2[C@@H]1c1cccs1. The Morgan fingerprint density at radius 1 is 1.02 bits per heavy atom. The van der Waals surface area contributed by atoms with E-state index in [2.05, 4.69) is 45.2 Å². The van der Waals surface area contributed by atoms with Crippen LogP contribution < -0.4 is 19.6 Å². The molecule has 0 saturated heterocycles. The number of rotatable bonds is 8. The van der Waals surface area contributed by atoms with E-state index in [1.54, 1.807) is 23.6 Å². The Kier molecular flexibility index (Phi) is 10.2. The molecule has 0 amide bonds. The summed E-state index contributed by atoms with van der Waals surface area (Å²) in [6.45, 7) is 2.30. The molecule has 0 fully saturated rings. The van der Waals surface area contributed by atoms with Crippen LogP contribution in [0.25, 0.3) is 11.8 Å². The van der Waals surface area contributed by atoms with E-state index in [-0.39, 0.29) is 12.2 Å². The van der Waals surface area contributed by atoms with Crippen LogP contribution in [0, 0.1) is 7.14 Å². The minimum atomic E-state index is -0.671. The number of aromatic nitrogens is 1. The number of benzene rings is 3. The van der Waals surface area contributed by atoms with Crippen molar-refractivity contribution in [3.63, 3.8) is 0 Å². The lowest BCUT2D eigenvalue weighted by Gasteiger charge is -2.24. The van der Waals surface area contributed by atoms with Crippen molar-refractivity contribution in [2.75, 3.05) is 6.61 Å². The zero-order valence-corrected chi connectivity index (χ0v) is 30.9. The predicted molar refractivity (Wildman–Crippen MR) is 198 cm³/mol. The summed E-state index contributed by atoms with van der Waals surface area (Å²) in [4.78, 5) is 33.9. The highest BCUT2D eigenvalue weighted by Gasteiger charge is 2.35. The highest BCUT2D eigenvalue weighted by molar-refractivity contribution is 14.1. The number of thiazole rings is 1. The first kappa shape index (κ1) is 32.5. The third-order valence-electron chi connectivity index (χ3n) is 6.87. The smallest absolute Gasteiger partial charge is 0.338 e. The maximum atomic E-state index is 14.1. The van der Waals surface area contributed by atoms with Crippen LogP contribution in [0.15, 0.2) is 93.5 Å². The van der Waals surface area contributed by atoms with E-state index in [0.29, 0.717) is 37.3 Å². The normalized spacial score (nSPS) is 14.7. The van der Waals surface area contributed by atoms with Gasteiger partial charge in [-0.3, -0.25) is 9.36 Å². The monoisotopic (exact) mass is 898 g/mol. The number of carbonyl (C=O) groups is 1. The highest BCUT2D eigenvalue weighted by Crippen LogP contribution is 2.37. The van der Waals surface area contributed by atoms with Gasteiger partial charge in [0.15, 0.2) is 4.80 Å². The summed E-state index contributed by atoms with van der Waals surface area (Å²) in [6, 6.07) is 22.1. The van der Waals surface area contributed by atoms with E-state index < -0.39 is 12.0 Å². The van der Waals surface area contributed by atoms with E-state index in [1.165, 1.54) is 22.7 Å². The van der Waals surface area contributed by atoms with E-state index in [4.69, 9.17) is 37.7 Å². The molecule has 0 aliphatic carbocycles. The summed E-state index contributed by atoms with van der Waals surface area (Å²) >= 11 is 19.5. The molecule has 1 atom stereocenters. The maximum Gasteiger partial charge on any atom is 0.338 e. The molecular formula is C33H22Cl2I2N2O4S2. The van der Waals surface area contributed by atoms with E-state index in [0.717, 1.165) is 34.5 Å². The van der Waals surface area contributed by atoms with Crippen LogP contribution in [0.2, 0.25) is 10.0 Å². The van der Waals surface area contributed by atoms with Crippen molar-refractivity contribution in [3.05, 3.63) is 142 Å². The Hall–Kier alpha value is -2.49. The third-order valence-corrected chi connectivity index (χ3v) is 11.1. The standard InChI is InChI=1S/C33H22Cl2I2N2O4S2/c1-2-42-32(41)27-28(20-7-4-3-5-8-20)38-33-39(29(27)25-9-6-12-44-25)31(40)26(45-33)16-19-14-23(36)30(24(37)15-19)43-17-18-10-11-21(34)22(35)13-18/h3-16,29H,2,17H2,1H3/b26-16-/t29-/m1/s1. The first-order valence-corrected chi connectivity index (χ1v) is 18.2. The summed E-state index contributed by atoms with van der Waals surface area (Å²) in [5.74, 6) is 0.249. The van der Waals surface area contributed by atoms with Gasteiger partial charge in [-0.2, -0.15) is 0 Å². The van der Waals surface area contributed by atoms with Crippen LogP contribution in [-0.4, -0.2) is 17.1 Å². The molecule has 3 heterocycles. The van der Waals surface area contributed by atoms with E-state index in [1.807, 2.05) is 72.1 Å². The molecule has 3 aromatic carbocycles. The lowest BCUT2D eigenvalue weighted by molar-refractivity contribution is -0.138. The van der Waals surface area contributed by atoms with Crippen molar-refractivity contribution in [2.24, 2.45) is 4.99 Å². The Morgan fingerprint density at radius 3 is 2.44 bits per heavy atom. The Bertz CT molecular complexity index is 2100. The molecule has 0 bridgehead atoms. The predicted octanol–water partition coefficient (Wildman–Crippen LogP) is 8.09. The second-order valence-corrected chi connectivity index (χ2v) is 14.9. The number of carbonyl (C=O) groups excluding carboxylic acids is 1. The molecule has 6 rings (SSSR count). The van der Waals surface area contributed by atoms with Gasteiger partial charge in [0.1, 0.15) is 18.4 Å². The van der Waals surface area contributed by atoms with Crippen molar-refractivity contribution >= 4 is 109 Å². The molecule has 12 heteroatoms. The van der Waals surface area contributed by atoms with Crippen molar-refractivity contribution in [2.45, 2.75) is 19.6 Å². The first-order chi connectivity index (χ1) is 21.7. The number of hydrogen-bond donors (Lipinski definition) is 0. The van der Waals surface area contributed by atoms with Gasteiger partial charge in [-0.1, -0.05) is 77.0 Å². The van der Waals surface area contributed by atoms with Gasteiger partial charge < -0.3 is 9.47 Å². The van der Waals surface area contributed by atoms with Gasteiger partial charge in [0.05, 0.1) is 39.6 Å². The molecule has 5 aromatic rings. The second kappa shape index (κ2) is 14.1. The molecule has 0 radical (unpaired) electrons. The number of hydrogen-bond acceptors (Lipinski definition) is 7. The molecule has 0 N–H and O–H groups in total. The molecule has 0 saturated carbocycles. The summed E-state index contributed by atoms with van der Waals surface area (Å²) in [5.41, 5.74) is 3.15. The fraction of sp³-hybridized carbons (Fsp3) is 0.121. The molecule has 0 unspecified atom stereocenters. The lowest BCUT2D eigenvalue weighted by Crippen LogP contribution is -2.39. The molecule has 1 aliphatic heterocycles. The Labute approximate surface area is 303 Å². The quantitative estimate of drug-likeness (QED) is 0.117. The molecule has 228 valence electrons. The lowest BCUT2D eigenvalue weighted by atomic mass is 9.97. The number of halogens is 4. The fourth-order valence-corrected chi connectivity index (χ4v) is 9.17. The van der Waals surface area contributed by atoms with Gasteiger partial charge in [-0.05, 0) is 105 Å². The number of fused-ring (bicyclic) bond motifs is 1. The second-order valence-electron chi connectivity index (χ2n) is 9.80. The van der Waals surface area contributed by atoms with Crippen molar-refractivity contribution in [3.8, 4) is 5.75 Å². The Balaban J connectivity index is 1.44. The van der Waals surface area contributed by atoms with Crippen LogP contribution in [-0.2, 0) is 16.1 Å². The van der Waals surface area contributed by atoms with Gasteiger partial charge in [0.2, 0.25) is 0 Å². The van der Waals surface area contributed by atoms with Gasteiger partial charge in [-0.15, -0.1) is 11.3 Å². The topological polar surface area (TPSA) is 69.9 Å². The molecule has 6 nitrogen and oxygen atoms in total. The zero-order valence-electron chi connectivity index (χ0n) is 23.4. The van der Waals surface area contributed by atoms with Crippen molar-refractivity contribution in [1.82, 2.24) is 4.57 Å². The minimum Gasteiger partial charge on any atom is -0.487 e. The van der Waals surface area contributed by atoms with Gasteiger partial charge in [0.25, 0.3) is 5.56 Å². The summed E-state index contributed by atoms with van der Waals surface area (Å²) in [7, 11) is 0. The molecular weight excluding hydrogens is 877 g/mol. The van der Waals surface area contributed by atoms with Crippen LogP contribution >= 0.6 is 91.1 Å². The average molecular weight is 899 g/mol. The Morgan fingerprint density at radius 2 is 1.78 bits per heavy atom. The molecule has 2 aromatic heterocycles. The molecule has 0 spiro atoms. The molecule has 45 heavy (non-hydrogen) atoms. The largest absolute Gasteiger partial charge is 0.487 e. The minimum absolute atomic E-state index is 0.205. The highest BCUT2D eigenvalue weighted by atomic mass is 127. The van der Waals surface area contributed by atoms with Gasteiger partial charge >= 0.3 is 5.97 Å². The van der Waals surface area contributed by atoms with Gasteiger partial charge in [-0.25, -0.2) is 9.79 Å². The van der Waals surface area contributed by atoms with Crippen LogP contribution in [0.1, 0.15) is 34.5 Å². The fourth-order valence-electron chi connectivity index (χ4n) is 4.89.